The van der Waals surface area contributed by atoms with Gasteiger partial charge < -0.3 is 9.32 Å². The van der Waals surface area contributed by atoms with E-state index in [1.165, 1.54) is 18.4 Å². The van der Waals surface area contributed by atoms with Crippen molar-refractivity contribution in [2.24, 2.45) is 0 Å². The fourth-order valence-corrected chi connectivity index (χ4v) is 3.69. The molecule has 0 amide bonds. The third-order valence-corrected chi connectivity index (χ3v) is 5.28. The van der Waals surface area contributed by atoms with Crippen LogP contribution in [0.4, 0.5) is 17.1 Å². The first-order valence-corrected chi connectivity index (χ1v) is 8.90. The van der Waals surface area contributed by atoms with Gasteiger partial charge in [-0.05, 0) is 43.5 Å². The van der Waals surface area contributed by atoms with Gasteiger partial charge in [0.05, 0.1) is 21.4 Å². The zero-order chi connectivity index (χ0) is 16.5. The summed E-state index contributed by atoms with van der Waals surface area (Å²) in [5, 5.41) is 1.10. The van der Waals surface area contributed by atoms with E-state index in [0.717, 1.165) is 35.7 Å². The lowest BCUT2D eigenvalue weighted by Gasteiger charge is -2.27. The average Bonchev–Trinajstić information content (AvgIpc) is 3.04. The molecule has 2 aromatic carbocycles. The quantitative estimate of drug-likeness (QED) is 0.504. The number of hydrogen-bond acceptors (Lipinski definition) is 2. The number of para-hydroxylation sites is 1. The van der Waals surface area contributed by atoms with Crippen LogP contribution in [-0.4, -0.2) is 0 Å². The molecule has 0 bridgehead atoms. The first-order valence-electron chi connectivity index (χ1n) is 8.14. The van der Waals surface area contributed by atoms with Crippen LogP contribution in [-0.2, 0) is 12.8 Å². The lowest BCUT2D eigenvalue weighted by atomic mass is 9.97. The summed E-state index contributed by atoms with van der Waals surface area (Å²) in [6.45, 7) is 0. The molecule has 3 aromatic rings. The van der Waals surface area contributed by atoms with E-state index in [-0.39, 0.29) is 0 Å². The summed E-state index contributed by atoms with van der Waals surface area (Å²) in [5.74, 6) is 1.09. The van der Waals surface area contributed by atoms with Gasteiger partial charge in [0, 0.05) is 17.7 Å². The highest BCUT2D eigenvalue weighted by atomic mass is 35.5. The minimum absolute atomic E-state index is 0.549. The molecule has 1 aromatic heterocycles. The van der Waals surface area contributed by atoms with Gasteiger partial charge in [-0.25, -0.2) is 0 Å². The molecular formula is C20H17Cl2NO. The van der Waals surface area contributed by atoms with Crippen molar-refractivity contribution >= 4 is 40.3 Å². The SMILES string of the molecule is Clc1cccc(N(c2ccccc2)c2coc3c2CCCC3)c1Cl. The summed E-state index contributed by atoms with van der Waals surface area (Å²) in [6.07, 6.45) is 6.25. The van der Waals surface area contributed by atoms with Crippen LogP contribution in [0.15, 0.2) is 59.2 Å². The fraction of sp³-hybridized carbons (Fsp3) is 0.200. The highest BCUT2D eigenvalue weighted by Gasteiger charge is 2.25. The summed E-state index contributed by atoms with van der Waals surface area (Å²) in [7, 11) is 0. The molecule has 0 N–H and O–H groups in total. The Morgan fingerprint density at radius 3 is 2.46 bits per heavy atom. The molecule has 0 saturated carbocycles. The number of furan rings is 1. The molecule has 122 valence electrons. The van der Waals surface area contributed by atoms with Crippen molar-refractivity contribution in [2.75, 3.05) is 4.90 Å². The molecular weight excluding hydrogens is 341 g/mol. The molecule has 24 heavy (non-hydrogen) atoms. The zero-order valence-electron chi connectivity index (χ0n) is 13.1. The molecule has 4 rings (SSSR count). The highest BCUT2D eigenvalue weighted by Crippen LogP contribution is 2.44. The van der Waals surface area contributed by atoms with Crippen LogP contribution in [0.5, 0.6) is 0 Å². The monoisotopic (exact) mass is 357 g/mol. The van der Waals surface area contributed by atoms with Gasteiger partial charge >= 0.3 is 0 Å². The standard InChI is InChI=1S/C20H17Cl2NO/c21-16-10-6-11-17(20(16)22)23(14-7-2-1-3-8-14)18-13-24-19-12-5-4-9-15(18)19/h1-3,6-8,10-11,13H,4-5,9,12H2. The number of fused-ring (bicyclic) bond motifs is 1. The van der Waals surface area contributed by atoms with E-state index in [1.54, 1.807) is 6.07 Å². The van der Waals surface area contributed by atoms with Crippen molar-refractivity contribution in [3.63, 3.8) is 0 Å². The summed E-state index contributed by atoms with van der Waals surface area (Å²) in [5.41, 5.74) is 4.24. The Morgan fingerprint density at radius 1 is 0.833 bits per heavy atom. The molecule has 0 saturated heterocycles. The van der Waals surface area contributed by atoms with E-state index < -0.39 is 0 Å². The minimum Gasteiger partial charge on any atom is -0.467 e. The van der Waals surface area contributed by atoms with Gasteiger partial charge in [0.15, 0.2) is 0 Å². The largest absolute Gasteiger partial charge is 0.467 e. The molecule has 1 heterocycles. The zero-order valence-corrected chi connectivity index (χ0v) is 14.6. The second kappa shape index (κ2) is 6.54. The maximum atomic E-state index is 6.53. The number of anilines is 3. The lowest BCUT2D eigenvalue weighted by Crippen LogP contribution is -2.13. The van der Waals surface area contributed by atoms with E-state index in [9.17, 15) is 0 Å². The van der Waals surface area contributed by atoms with Gasteiger partial charge in [0.1, 0.15) is 12.0 Å². The summed E-state index contributed by atoms with van der Waals surface area (Å²) < 4.78 is 5.86. The Hall–Kier alpha value is -1.90. The molecule has 0 radical (unpaired) electrons. The maximum absolute atomic E-state index is 6.53. The summed E-state index contributed by atoms with van der Waals surface area (Å²) in [6, 6.07) is 15.9. The van der Waals surface area contributed by atoms with E-state index in [0.29, 0.717) is 10.0 Å². The van der Waals surface area contributed by atoms with Gasteiger partial charge in [0.2, 0.25) is 0 Å². The molecule has 0 aliphatic heterocycles. The van der Waals surface area contributed by atoms with Crippen molar-refractivity contribution < 1.29 is 4.42 Å². The third kappa shape index (κ3) is 2.70. The van der Waals surface area contributed by atoms with Crippen molar-refractivity contribution in [3.05, 3.63) is 76.2 Å². The fourth-order valence-electron chi connectivity index (χ4n) is 3.31. The molecule has 2 nitrogen and oxygen atoms in total. The van der Waals surface area contributed by atoms with Gasteiger partial charge in [-0.1, -0.05) is 47.5 Å². The van der Waals surface area contributed by atoms with Crippen molar-refractivity contribution in [3.8, 4) is 0 Å². The Balaban J connectivity index is 1.92. The van der Waals surface area contributed by atoms with Crippen LogP contribution in [0.25, 0.3) is 0 Å². The first kappa shape index (κ1) is 15.6. The van der Waals surface area contributed by atoms with Crippen molar-refractivity contribution in [2.45, 2.75) is 25.7 Å². The average molecular weight is 358 g/mol. The topological polar surface area (TPSA) is 16.4 Å². The van der Waals surface area contributed by atoms with Crippen molar-refractivity contribution in [1.29, 1.82) is 0 Å². The maximum Gasteiger partial charge on any atom is 0.115 e. The van der Waals surface area contributed by atoms with E-state index in [4.69, 9.17) is 27.6 Å². The van der Waals surface area contributed by atoms with Gasteiger partial charge in [-0.15, -0.1) is 0 Å². The van der Waals surface area contributed by atoms with Crippen LogP contribution in [0.1, 0.15) is 24.2 Å². The van der Waals surface area contributed by atoms with Crippen LogP contribution in [0.3, 0.4) is 0 Å². The number of rotatable bonds is 3. The first-order chi connectivity index (χ1) is 11.8. The van der Waals surface area contributed by atoms with Crippen LogP contribution < -0.4 is 4.90 Å². The number of nitrogens with zero attached hydrogens (tertiary/aromatic N) is 1. The Morgan fingerprint density at radius 2 is 1.62 bits per heavy atom. The van der Waals surface area contributed by atoms with E-state index in [1.807, 2.05) is 36.6 Å². The predicted molar refractivity (Wildman–Crippen MR) is 100 cm³/mol. The van der Waals surface area contributed by atoms with E-state index >= 15 is 0 Å². The Kier molecular flexibility index (Phi) is 4.26. The molecule has 1 aliphatic rings. The van der Waals surface area contributed by atoms with Gasteiger partial charge in [-0.2, -0.15) is 0 Å². The normalized spacial score (nSPS) is 13.6. The highest BCUT2D eigenvalue weighted by molar-refractivity contribution is 6.43. The summed E-state index contributed by atoms with van der Waals surface area (Å²) >= 11 is 12.8. The van der Waals surface area contributed by atoms with Crippen LogP contribution in [0.2, 0.25) is 10.0 Å². The number of hydrogen-bond donors (Lipinski definition) is 0. The van der Waals surface area contributed by atoms with Crippen molar-refractivity contribution in [1.82, 2.24) is 0 Å². The van der Waals surface area contributed by atoms with Crippen LogP contribution in [0, 0.1) is 0 Å². The number of halogens is 2. The smallest absolute Gasteiger partial charge is 0.115 e. The third-order valence-electron chi connectivity index (χ3n) is 4.47. The Labute approximate surface area is 151 Å². The van der Waals surface area contributed by atoms with Gasteiger partial charge in [-0.3, -0.25) is 0 Å². The number of benzene rings is 2. The second-order valence-electron chi connectivity index (χ2n) is 5.97. The molecule has 1 aliphatic carbocycles. The molecule has 0 spiro atoms. The molecule has 4 heteroatoms. The summed E-state index contributed by atoms with van der Waals surface area (Å²) in [4.78, 5) is 2.14. The molecule has 0 unspecified atom stereocenters. The minimum atomic E-state index is 0.549. The van der Waals surface area contributed by atoms with Gasteiger partial charge in [0.25, 0.3) is 0 Å². The molecule has 0 fully saturated rings. The van der Waals surface area contributed by atoms with E-state index in [2.05, 4.69) is 17.0 Å². The lowest BCUT2D eigenvalue weighted by molar-refractivity contribution is 0.478. The predicted octanol–water partition coefficient (Wildman–Crippen LogP) is 6.94. The molecule has 0 atom stereocenters. The Bertz CT molecular complexity index is 857. The number of aryl methyl sites for hydroxylation is 1. The van der Waals surface area contributed by atoms with Crippen LogP contribution >= 0.6 is 23.2 Å². The second-order valence-corrected chi connectivity index (χ2v) is 6.76.